The van der Waals surface area contributed by atoms with Gasteiger partial charge in [-0.3, -0.25) is 0 Å². The van der Waals surface area contributed by atoms with Gasteiger partial charge in [-0.05, 0) is 39.2 Å². The number of rotatable bonds is 2. The fourth-order valence-corrected chi connectivity index (χ4v) is 4.34. The molecule has 0 aliphatic rings. The lowest BCUT2D eigenvalue weighted by Gasteiger charge is -2.16. The molecular formula is C18H16ClSi. The molecule has 0 atom stereocenters. The van der Waals surface area contributed by atoms with E-state index in [-0.39, 0.29) is 0 Å². The molecule has 0 nitrogen and oxygen atoms in total. The second-order valence-corrected chi connectivity index (χ2v) is 8.15. The summed E-state index contributed by atoms with van der Waals surface area (Å²) in [6.07, 6.45) is 0. The minimum Gasteiger partial charge on any atom is -0.0843 e. The number of fused-ring (bicyclic) bond motifs is 1. The van der Waals surface area contributed by atoms with Crippen molar-refractivity contribution in [3.05, 3.63) is 65.7 Å². The van der Waals surface area contributed by atoms with Crippen LogP contribution in [-0.2, 0) is 0 Å². The van der Waals surface area contributed by atoms with E-state index in [9.17, 15) is 0 Å². The largest absolute Gasteiger partial charge is 0.0843 e. The number of hydrogen-bond donors (Lipinski definition) is 0. The fourth-order valence-electron chi connectivity index (χ4n) is 2.68. The Labute approximate surface area is 126 Å². The molecule has 20 heavy (non-hydrogen) atoms. The lowest BCUT2D eigenvalue weighted by Crippen LogP contribution is -2.25. The van der Waals surface area contributed by atoms with Crippen LogP contribution in [0.1, 0.15) is 0 Å². The predicted octanol–water partition coefficient (Wildman–Crippen LogP) is 5.12. The Morgan fingerprint density at radius 1 is 0.800 bits per heavy atom. The second kappa shape index (κ2) is 5.43. The molecule has 0 saturated heterocycles. The molecule has 0 aliphatic heterocycles. The predicted molar refractivity (Wildman–Crippen MR) is 91.5 cm³/mol. The summed E-state index contributed by atoms with van der Waals surface area (Å²) in [7, 11) is -0.557. The van der Waals surface area contributed by atoms with Gasteiger partial charge in [0.1, 0.15) is 0 Å². The molecule has 0 saturated carbocycles. The molecule has 0 bridgehead atoms. The molecule has 0 fully saturated rings. The molecule has 3 rings (SSSR count). The minimum atomic E-state index is -0.557. The Morgan fingerprint density at radius 2 is 1.50 bits per heavy atom. The van der Waals surface area contributed by atoms with Gasteiger partial charge in [-0.2, -0.15) is 0 Å². The number of benzene rings is 3. The van der Waals surface area contributed by atoms with Crippen LogP contribution in [-0.4, -0.2) is 8.80 Å². The van der Waals surface area contributed by atoms with E-state index in [0.29, 0.717) is 0 Å². The zero-order valence-electron chi connectivity index (χ0n) is 11.7. The molecular weight excluding hydrogens is 280 g/mol. The molecule has 0 aromatic heterocycles. The molecule has 0 unspecified atom stereocenters. The summed E-state index contributed by atoms with van der Waals surface area (Å²) >= 11 is 6.00. The van der Waals surface area contributed by atoms with Crippen LogP contribution in [0.15, 0.2) is 60.7 Å². The molecule has 3 aromatic carbocycles. The van der Waals surface area contributed by atoms with Crippen molar-refractivity contribution in [3.8, 4) is 11.1 Å². The van der Waals surface area contributed by atoms with Crippen molar-refractivity contribution in [2.24, 2.45) is 0 Å². The third-order valence-corrected chi connectivity index (χ3v) is 5.37. The Kier molecular flexibility index (Phi) is 3.64. The van der Waals surface area contributed by atoms with E-state index in [0.717, 1.165) is 5.02 Å². The van der Waals surface area contributed by atoms with Crippen molar-refractivity contribution >= 4 is 36.4 Å². The first-order valence-corrected chi connectivity index (χ1v) is 9.63. The van der Waals surface area contributed by atoms with Gasteiger partial charge in [0.15, 0.2) is 0 Å². The van der Waals surface area contributed by atoms with E-state index in [1.165, 1.54) is 27.1 Å². The maximum atomic E-state index is 6.00. The SMILES string of the molecule is C[Si](C)c1c(-c2ccc(Cl)cc2)ccc2ccccc12. The van der Waals surface area contributed by atoms with Gasteiger partial charge in [0.2, 0.25) is 0 Å². The van der Waals surface area contributed by atoms with E-state index in [1.807, 2.05) is 12.1 Å². The fraction of sp³-hybridized carbons (Fsp3) is 0.111. The third-order valence-electron chi connectivity index (χ3n) is 3.58. The van der Waals surface area contributed by atoms with Gasteiger partial charge in [0.05, 0.1) is 8.80 Å². The first kappa shape index (κ1) is 13.4. The van der Waals surface area contributed by atoms with Gasteiger partial charge in [0.25, 0.3) is 0 Å². The lowest BCUT2D eigenvalue weighted by molar-refractivity contribution is 1.65. The summed E-state index contributed by atoms with van der Waals surface area (Å²) < 4.78 is 0. The maximum absolute atomic E-state index is 6.00. The van der Waals surface area contributed by atoms with Gasteiger partial charge in [0, 0.05) is 5.02 Å². The van der Waals surface area contributed by atoms with E-state index >= 15 is 0 Å². The van der Waals surface area contributed by atoms with Gasteiger partial charge in [-0.25, -0.2) is 0 Å². The Hall–Kier alpha value is -1.57. The van der Waals surface area contributed by atoms with Crippen LogP contribution >= 0.6 is 11.6 Å². The average Bonchev–Trinajstić information content (AvgIpc) is 2.46. The normalized spacial score (nSPS) is 11.2. The quantitative estimate of drug-likeness (QED) is 0.576. The lowest BCUT2D eigenvalue weighted by atomic mass is 10.0. The zero-order valence-corrected chi connectivity index (χ0v) is 13.4. The Balaban J connectivity index is 2.30. The second-order valence-electron chi connectivity index (χ2n) is 5.22. The first-order chi connectivity index (χ1) is 9.66. The van der Waals surface area contributed by atoms with Crippen molar-refractivity contribution in [2.45, 2.75) is 13.1 Å². The van der Waals surface area contributed by atoms with Gasteiger partial charge in [-0.15, -0.1) is 0 Å². The maximum Gasteiger partial charge on any atom is 0.0808 e. The molecule has 0 spiro atoms. The van der Waals surface area contributed by atoms with Crippen molar-refractivity contribution in [1.29, 1.82) is 0 Å². The first-order valence-electron chi connectivity index (χ1n) is 6.75. The highest BCUT2D eigenvalue weighted by Gasteiger charge is 2.13. The molecule has 0 N–H and O–H groups in total. The molecule has 99 valence electrons. The van der Waals surface area contributed by atoms with Gasteiger partial charge < -0.3 is 0 Å². The van der Waals surface area contributed by atoms with Crippen LogP contribution in [0.5, 0.6) is 0 Å². The van der Waals surface area contributed by atoms with E-state index in [4.69, 9.17) is 11.6 Å². The highest BCUT2D eigenvalue weighted by atomic mass is 35.5. The van der Waals surface area contributed by atoms with E-state index in [1.54, 1.807) is 0 Å². The molecule has 0 amide bonds. The molecule has 1 radical (unpaired) electrons. The molecule has 0 heterocycles. The van der Waals surface area contributed by atoms with Crippen molar-refractivity contribution in [1.82, 2.24) is 0 Å². The van der Waals surface area contributed by atoms with Crippen LogP contribution in [0.3, 0.4) is 0 Å². The summed E-state index contributed by atoms with van der Waals surface area (Å²) in [4.78, 5) is 0. The molecule has 0 aliphatic carbocycles. The smallest absolute Gasteiger partial charge is 0.0808 e. The molecule has 2 heteroatoms. The minimum absolute atomic E-state index is 0.557. The van der Waals surface area contributed by atoms with Crippen molar-refractivity contribution in [2.75, 3.05) is 0 Å². The average molecular weight is 296 g/mol. The van der Waals surface area contributed by atoms with E-state index < -0.39 is 8.80 Å². The van der Waals surface area contributed by atoms with Crippen LogP contribution in [0.25, 0.3) is 21.9 Å². The monoisotopic (exact) mass is 295 g/mol. The Morgan fingerprint density at radius 3 is 2.20 bits per heavy atom. The van der Waals surface area contributed by atoms with Crippen LogP contribution < -0.4 is 5.19 Å². The summed E-state index contributed by atoms with van der Waals surface area (Å²) in [6.45, 7) is 4.71. The van der Waals surface area contributed by atoms with Crippen LogP contribution in [0, 0.1) is 0 Å². The van der Waals surface area contributed by atoms with Crippen molar-refractivity contribution in [3.63, 3.8) is 0 Å². The summed E-state index contributed by atoms with van der Waals surface area (Å²) in [5.41, 5.74) is 2.60. The van der Waals surface area contributed by atoms with Gasteiger partial charge >= 0.3 is 0 Å². The number of hydrogen-bond acceptors (Lipinski definition) is 0. The summed E-state index contributed by atoms with van der Waals surface area (Å²) in [5, 5.41) is 5.01. The van der Waals surface area contributed by atoms with Crippen LogP contribution in [0.4, 0.5) is 0 Å². The van der Waals surface area contributed by atoms with E-state index in [2.05, 4.69) is 61.6 Å². The van der Waals surface area contributed by atoms with Gasteiger partial charge in [-0.1, -0.05) is 73.2 Å². The Bertz CT molecular complexity index is 745. The highest BCUT2D eigenvalue weighted by Crippen LogP contribution is 2.24. The number of halogens is 1. The molecule has 3 aromatic rings. The topological polar surface area (TPSA) is 0 Å². The summed E-state index contributed by atoms with van der Waals surface area (Å²) in [5.74, 6) is 0. The van der Waals surface area contributed by atoms with Crippen LogP contribution in [0.2, 0.25) is 18.1 Å². The highest BCUT2D eigenvalue weighted by molar-refractivity contribution is 6.74. The third kappa shape index (κ3) is 2.39. The zero-order chi connectivity index (χ0) is 14.1. The summed E-state index contributed by atoms with van der Waals surface area (Å²) in [6, 6.07) is 21.3. The van der Waals surface area contributed by atoms with Crippen molar-refractivity contribution < 1.29 is 0 Å². The standard InChI is InChI=1S/C18H16ClSi/c1-20(2)18-16-6-4-3-5-13(16)9-12-17(18)14-7-10-15(19)11-8-14/h3-12H,1-2H3.